The fourth-order valence-corrected chi connectivity index (χ4v) is 7.27. The van der Waals surface area contributed by atoms with Gasteiger partial charge in [-0.2, -0.15) is 0 Å². The van der Waals surface area contributed by atoms with Crippen molar-refractivity contribution in [2.45, 2.75) is 0 Å². The van der Waals surface area contributed by atoms with Crippen molar-refractivity contribution in [1.82, 2.24) is 9.13 Å². The third-order valence-corrected chi connectivity index (χ3v) is 9.35. The van der Waals surface area contributed by atoms with Crippen LogP contribution in [0, 0.1) is 0 Å². The van der Waals surface area contributed by atoms with Crippen molar-refractivity contribution < 1.29 is 31.5 Å². The van der Waals surface area contributed by atoms with Gasteiger partial charge in [-0.15, -0.1) is 0 Å². The van der Waals surface area contributed by atoms with Crippen LogP contribution in [-0.4, -0.2) is 15.8 Å². The molecule has 0 fully saturated rings. The van der Waals surface area contributed by atoms with Gasteiger partial charge in [-0.05, 0) is 70.6 Å². The topological polar surface area (TPSA) is 9.86 Å². The van der Waals surface area contributed by atoms with E-state index in [4.69, 9.17) is 24.7 Å². The predicted octanol–water partition coefficient (Wildman–Crippen LogP) is 10.0. The molecule has 0 amide bonds. The number of fused-ring (bicyclic) bond motifs is 9. The second kappa shape index (κ2) is 11.0. The van der Waals surface area contributed by atoms with Crippen LogP contribution < -0.4 is 16.4 Å². The van der Waals surface area contributed by atoms with Gasteiger partial charge in [0.1, 0.15) is 0 Å². The molecule has 0 unspecified atom stereocenters. The molecular formula is C48H31BN2. The average Bonchev–Trinajstić information content (AvgIpc) is 4.07. The maximum Gasteiger partial charge on any atom is 0.243 e. The van der Waals surface area contributed by atoms with Gasteiger partial charge in [-0.25, -0.2) is 0 Å². The number of aromatic nitrogens is 2. The summed E-state index contributed by atoms with van der Waals surface area (Å²) < 4.78 is 208. The Kier molecular flexibility index (Phi) is 3.00. The summed E-state index contributed by atoms with van der Waals surface area (Å²) in [6, 6.07) is -1.88. The molecule has 8 aromatic carbocycles. The summed E-state index contributed by atoms with van der Waals surface area (Å²) in [5.74, 6) is 0. The van der Waals surface area contributed by atoms with E-state index in [1.54, 1.807) is 48.5 Å². The Bertz CT molecular complexity index is 4160. The van der Waals surface area contributed by atoms with E-state index in [1.807, 2.05) is 0 Å². The van der Waals surface area contributed by atoms with E-state index >= 15 is 0 Å². The van der Waals surface area contributed by atoms with Gasteiger partial charge in [0.25, 0.3) is 0 Å². The Morgan fingerprint density at radius 2 is 0.922 bits per heavy atom. The van der Waals surface area contributed by atoms with Crippen LogP contribution in [0.2, 0.25) is 0 Å². The van der Waals surface area contributed by atoms with Crippen LogP contribution in [0.4, 0.5) is 0 Å². The first-order valence-corrected chi connectivity index (χ1v) is 15.9. The van der Waals surface area contributed by atoms with E-state index in [9.17, 15) is 6.85 Å². The largest absolute Gasteiger partial charge is 0.309 e. The molecule has 0 saturated carbocycles. The minimum Gasteiger partial charge on any atom is -0.309 e. The van der Waals surface area contributed by atoms with Gasteiger partial charge >= 0.3 is 0 Å². The molecule has 2 nitrogen and oxygen atoms in total. The van der Waals surface area contributed by atoms with Crippen molar-refractivity contribution in [3.63, 3.8) is 0 Å². The lowest BCUT2D eigenvalue weighted by atomic mass is 9.38. The van der Waals surface area contributed by atoms with Crippen molar-refractivity contribution in [3.8, 4) is 33.6 Å². The molecule has 1 aliphatic rings. The quantitative estimate of drug-likeness (QED) is 0.165. The van der Waals surface area contributed by atoms with E-state index in [0.29, 0.717) is 16.6 Å². The van der Waals surface area contributed by atoms with E-state index in [2.05, 4.69) is 0 Å². The summed E-state index contributed by atoms with van der Waals surface area (Å²) >= 11 is 0. The molecule has 0 bridgehead atoms. The van der Waals surface area contributed by atoms with Gasteiger partial charge < -0.3 is 9.13 Å². The molecular weight excluding hydrogens is 615 g/mol. The van der Waals surface area contributed by atoms with Gasteiger partial charge in [-0.3, -0.25) is 0 Å². The number of hydrogen-bond acceptors (Lipinski definition) is 0. The van der Waals surface area contributed by atoms with E-state index in [0.717, 1.165) is 4.57 Å². The Hall–Kier alpha value is -6.58. The summed E-state index contributed by atoms with van der Waals surface area (Å²) in [4.78, 5) is 0. The van der Waals surface area contributed by atoms with Gasteiger partial charge in [-0.1, -0.05) is 156 Å². The van der Waals surface area contributed by atoms with E-state index in [-0.39, 0.29) is 60.3 Å². The second-order valence-corrected chi connectivity index (χ2v) is 11.9. The van der Waals surface area contributed by atoms with E-state index in [1.165, 1.54) is 4.57 Å². The molecule has 0 aliphatic carbocycles. The van der Waals surface area contributed by atoms with Crippen molar-refractivity contribution in [3.05, 3.63) is 188 Å². The molecule has 10 aromatic rings. The molecule has 0 spiro atoms. The van der Waals surface area contributed by atoms with Crippen LogP contribution in [0.3, 0.4) is 0 Å². The normalized spacial score (nSPS) is 18.6. The van der Waals surface area contributed by atoms with E-state index < -0.39 is 162 Å². The summed E-state index contributed by atoms with van der Waals surface area (Å²) in [7, 11) is 0. The van der Waals surface area contributed by atoms with Crippen LogP contribution >= 0.6 is 0 Å². The fourth-order valence-electron chi connectivity index (χ4n) is 7.27. The molecule has 1 aliphatic heterocycles. The zero-order chi connectivity index (χ0) is 53.5. The summed E-state index contributed by atoms with van der Waals surface area (Å²) in [6.07, 6.45) is 0. The number of benzene rings is 8. The summed E-state index contributed by atoms with van der Waals surface area (Å²) in [5.41, 5.74) is -1.14. The molecule has 11 rings (SSSR count). The Morgan fingerprint density at radius 3 is 1.57 bits per heavy atom. The smallest absolute Gasteiger partial charge is 0.243 e. The van der Waals surface area contributed by atoms with Gasteiger partial charge in [0.05, 0.1) is 53.6 Å². The lowest BCUT2D eigenvalue weighted by Crippen LogP contribution is -2.49. The SMILES string of the molecule is [2H]c1c([2H])c([2H])c2c(c1[2H])B(c1ccccc1-c1cccc(-n3c4c([2H])c([2H])c([2H])c([2H])c4c4c([2H])c([2H])c([2H])c([2H])c43)c1)c1c([2H])c([2H])c(-n3c4c([2H])c([2H])c([2H])c([2H])c4c4c([2H])c([2H])c([2H])c([2H])c43)c([2H])c1-2. The molecule has 0 radical (unpaired) electrons. The number of hydrogen-bond donors (Lipinski definition) is 0. The van der Waals surface area contributed by atoms with Crippen LogP contribution in [0.5, 0.6) is 0 Å². The average molecular weight is 670 g/mol. The maximum atomic E-state index is 10.0. The predicted molar refractivity (Wildman–Crippen MR) is 217 cm³/mol. The minimum absolute atomic E-state index is 0.0893. The lowest BCUT2D eigenvalue weighted by molar-refractivity contribution is 1.18. The molecule has 3 heterocycles. The molecule has 0 N–H and O–H groups in total. The molecule has 2 aromatic heterocycles. The summed E-state index contributed by atoms with van der Waals surface area (Å²) in [5, 5.41) is -0.972. The molecule has 236 valence electrons. The highest BCUT2D eigenvalue weighted by atomic mass is 15.0. The Morgan fingerprint density at radius 1 is 0.392 bits per heavy atom. The Labute approximate surface area is 328 Å². The molecule has 0 atom stereocenters. The highest BCUT2D eigenvalue weighted by Gasteiger charge is 2.35. The van der Waals surface area contributed by atoms with Crippen molar-refractivity contribution in [2.75, 3.05) is 0 Å². The molecule has 3 heteroatoms. The zero-order valence-corrected chi connectivity index (χ0v) is 26.1. The Balaban J connectivity index is 1.23. The van der Waals surface area contributed by atoms with Crippen LogP contribution in [0.1, 0.15) is 31.5 Å². The lowest BCUT2D eigenvalue weighted by Gasteiger charge is -2.18. The van der Waals surface area contributed by atoms with Crippen LogP contribution in [0.25, 0.3) is 77.2 Å². The first kappa shape index (κ1) is 14.0. The number of rotatable bonds is 4. The van der Waals surface area contributed by atoms with Gasteiger partial charge in [0, 0.05) is 32.9 Å². The maximum absolute atomic E-state index is 10.0. The fraction of sp³-hybridized carbons (Fsp3) is 0. The van der Waals surface area contributed by atoms with Crippen molar-refractivity contribution in [2.24, 2.45) is 0 Å². The zero-order valence-electron chi connectivity index (χ0n) is 49.1. The van der Waals surface area contributed by atoms with Gasteiger partial charge in [0.2, 0.25) is 6.71 Å². The number of nitrogens with zero attached hydrogens (tertiary/aromatic N) is 2. The third-order valence-electron chi connectivity index (χ3n) is 9.35. The third kappa shape index (κ3) is 4.12. The van der Waals surface area contributed by atoms with Crippen molar-refractivity contribution in [1.29, 1.82) is 0 Å². The first-order chi connectivity index (χ1) is 34.9. The first-order valence-electron chi connectivity index (χ1n) is 27.4. The monoisotopic (exact) mass is 669 g/mol. The number of para-hydroxylation sites is 4. The summed E-state index contributed by atoms with van der Waals surface area (Å²) in [6.45, 7) is -1.34. The standard InChI is InChI=1S/C48H31BN2/c1-7-22-42(35(16-1)32-14-13-15-33(30-32)50-45-24-9-3-18-37(45)38-19-4-10-25-46(38)50)49-43-23-8-2-17-36(43)41-31-34(28-29-44(41)49)51-47-26-11-5-20-39(47)40-21-6-12-27-48(40)51/h1-31H/i2D,3D,4D,5D,6D,8D,9D,10D,11D,12D,17D,18D,19D,20D,21D,23D,24D,25D,26D,27D,28D,29D,31D. The minimum atomic E-state index is -1.34. The van der Waals surface area contributed by atoms with Crippen molar-refractivity contribution >= 4 is 66.7 Å². The highest BCUT2D eigenvalue weighted by Crippen LogP contribution is 2.36. The highest BCUT2D eigenvalue weighted by molar-refractivity contribution is 6.99. The molecule has 0 saturated heterocycles. The van der Waals surface area contributed by atoms with Crippen LogP contribution in [0.15, 0.2) is 188 Å². The van der Waals surface area contributed by atoms with Gasteiger partial charge in [0.15, 0.2) is 0 Å². The second-order valence-electron chi connectivity index (χ2n) is 11.9. The molecule has 51 heavy (non-hydrogen) atoms. The van der Waals surface area contributed by atoms with Crippen LogP contribution in [-0.2, 0) is 0 Å².